The summed E-state index contributed by atoms with van der Waals surface area (Å²) in [4.78, 5) is 13.6. The summed E-state index contributed by atoms with van der Waals surface area (Å²) in [5.74, 6) is 1.89. The Bertz CT molecular complexity index is 874. The van der Waals surface area contributed by atoms with E-state index in [-0.39, 0.29) is 12.5 Å². The van der Waals surface area contributed by atoms with Gasteiger partial charge in [0.05, 0.1) is 24.9 Å². The molecule has 4 atom stereocenters. The molecule has 0 aromatic carbocycles. The Labute approximate surface area is 175 Å². The van der Waals surface area contributed by atoms with Gasteiger partial charge in [-0.3, -0.25) is 0 Å². The Balaban J connectivity index is 1.66. The molecule has 0 aliphatic heterocycles. The van der Waals surface area contributed by atoms with Gasteiger partial charge >= 0.3 is 0 Å². The Kier molecular flexibility index (Phi) is 6.03. The molecule has 2 aromatic heterocycles. The maximum atomic E-state index is 10.5. The van der Waals surface area contributed by atoms with Gasteiger partial charge in [0.15, 0.2) is 0 Å². The van der Waals surface area contributed by atoms with Crippen LogP contribution < -0.4 is 15.4 Å². The van der Waals surface area contributed by atoms with Gasteiger partial charge in [0.2, 0.25) is 11.8 Å². The summed E-state index contributed by atoms with van der Waals surface area (Å²) in [7, 11) is 1.56. The number of aliphatic hydroxyl groups excluding tert-OH is 3. The van der Waals surface area contributed by atoms with Gasteiger partial charge in [0, 0.05) is 42.5 Å². The van der Waals surface area contributed by atoms with E-state index in [9.17, 15) is 15.3 Å². The number of hydrogen-bond donors (Lipinski definition) is 5. The lowest BCUT2D eigenvalue weighted by Crippen LogP contribution is -2.35. The predicted octanol–water partition coefficient (Wildman–Crippen LogP) is 1.19. The molecule has 0 radical (unpaired) electrons. The van der Waals surface area contributed by atoms with Crippen LogP contribution in [0.25, 0.3) is 11.1 Å². The van der Waals surface area contributed by atoms with Crippen LogP contribution in [-0.4, -0.2) is 68.8 Å². The number of nitrogens with zero attached hydrogens (tertiary/aromatic N) is 3. The minimum absolute atomic E-state index is 0.178. The molecule has 2 heterocycles. The van der Waals surface area contributed by atoms with E-state index in [2.05, 4.69) is 25.6 Å². The predicted molar refractivity (Wildman–Crippen MR) is 112 cm³/mol. The van der Waals surface area contributed by atoms with Crippen molar-refractivity contribution in [1.82, 2.24) is 15.0 Å². The van der Waals surface area contributed by atoms with Crippen molar-refractivity contribution in [3.8, 4) is 17.0 Å². The molecule has 2 aromatic rings. The highest BCUT2D eigenvalue weighted by atomic mass is 16.5. The van der Waals surface area contributed by atoms with Crippen LogP contribution in [0.2, 0.25) is 0 Å². The van der Waals surface area contributed by atoms with E-state index in [1.165, 1.54) is 12.8 Å². The molecule has 2 aliphatic rings. The average molecular weight is 415 g/mol. The van der Waals surface area contributed by atoms with Crippen LogP contribution in [0.15, 0.2) is 18.3 Å². The van der Waals surface area contributed by atoms with E-state index >= 15 is 0 Å². The number of rotatable bonds is 8. The molecule has 0 spiro atoms. The SMILES string of the molecule is COc1ccc(-c2c(C)nc(NCC3CC3)nc2N[C@@H]2C[C@H](CO)[C@@H](O)[C@H]2O)cn1. The zero-order valence-electron chi connectivity index (χ0n) is 17.2. The second kappa shape index (κ2) is 8.71. The molecule has 2 fully saturated rings. The monoisotopic (exact) mass is 415 g/mol. The zero-order chi connectivity index (χ0) is 21.3. The first-order valence-corrected chi connectivity index (χ1v) is 10.4. The zero-order valence-corrected chi connectivity index (χ0v) is 17.2. The molecule has 30 heavy (non-hydrogen) atoms. The van der Waals surface area contributed by atoms with Crippen LogP contribution in [0.4, 0.5) is 11.8 Å². The molecule has 162 valence electrons. The molecule has 9 heteroatoms. The standard InChI is InChI=1S/C21H29N5O4/c1-11-17(13-5-6-16(30-2)22-9-13)20(26-21(24-11)23-8-12-3-4-12)25-15-7-14(10-27)18(28)19(15)29/h5-6,9,12,14-15,18-19,27-29H,3-4,7-8,10H2,1-2H3,(H2,23,24,25,26)/t14-,15-,18-,19+/m1/s1. The first kappa shape index (κ1) is 20.8. The summed E-state index contributed by atoms with van der Waals surface area (Å²) in [5, 5.41) is 36.7. The van der Waals surface area contributed by atoms with Crippen LogP contribution in [0.1, 0.15) is 25.0 Å². The third kappa shape index (κ3) is 4.33. The molecule has 2 saturated carbocycles. The largest absolute Gasteiger partial charge is 0.481 e. The van der Waals surface area contributed by atoms with Crippen molar-refractivity contribution in [1.29, 1.82) is 0 Å². The normalized spacial score (nSPS) is 25.9. The number of aromatic nitrogens is 3. The number of methoxy groups -OCH3 is 1. The Hall–Kier alpha value is -2.49. The molecule has 4 rings (SSSR count). The number of aliphatic hydroxyl groups is 3. The summed E-state index contributed by atoms with van der Waals surface area (Å²) >= 11 is 0. The highest BCUT2D eigenvalue weighted by Gasteiger charge is 2.41. The summed E-state index contributed by atoms with van der Waals surface area (Å²) in [6.45, 7) is 2.56. The van der Waals surface area contributed by atoms with E-state index in [0.717, 1.165) is 23.4 Å². The van der Waals surface area contributed by atoms with Gasteiger partial charge in [0.1, 0.15) is 11.9 Å². The van der Waals surface area contributed by atoms with E-state index in [1.54, 1.807) is 19.4 Å². The fraction of sp³-hybridized carbons (Fsp3) is 0.571. The van der Waals surface area contributed by atoms with Gasteiger partial charge in [-0.2, -0.15) is 4.98 Å². The number of aryl methyl sites for hydroxylation is 1. The number of ether oxygens (including phenoxy) is 1. The second-order valence-electron chi connectivity index (χ2n) is 8.18. The summed E-state index contributed by atoms with van der Waals surface area (Å²) in [5.41, 5.74) is 2.36. The molecule has 0 saturated heterocycles. The first-order chi connectivity index (χ1) is 14.5. The maximum absolute atomic E-state index is 10.5. The van der Waals surface area contributed by atoms with Crippen molar-refractivity contribution < 1.29 is 20.1 Å². The maximum Gasteiger partial charge on any atom is 0.224 e. The summed E-state index contributed by atoms with van der Waals surface area (Å²) in [6, 6.07) is 3.22. The van der Waals surface area contributed by atoms with Crippen LogP contribution >= 0.6 is 0 Å². The molecule has 2 aliphatic carbocycles. The van der Waals surface area contributed by atoms with Gasteiger partial charge in [-0.25, -0.2) is 9.97 Å². The Morgan fingerprint density at radius 2 is 1.97 bits per heavy atom. The van der Waals surface area contributed by atoms with Crippen LogP contribution in [0.3, 0.4) is 0 Å². The smallest absolute Gasteiger partial charge is 0.224 e. The van der Waals surface area contributed by atoms with Crippen molar-refractivity contribution >= 4 is 11.8 Å². The van der Waals surface area contributed by atoms with Crippen molar-refractivity contribution in [2.24, 2.45) is 11.8 Å². The van der Waals surface area contributed by atoms with E-state index in [1.807, 2.05) is 13.0 Å². The topological polar surface area (TPSA) is 133 Å². The molecule has 9 nitrogen and oxygen atoms in total. The van der Waals surface area contributed by atoms with Gasteiger partial charge in [-0.15, -0.1) is 0 Å². The third-order valence-corrected chi connectivity index (χ3v) is 5.93. The third-order valence-electron chi connectivity index (χ3n) is 5.93. The molecule has 5 N–H and O–H groups in total. The lowest BCUT2D eigenvalue weighted by molar-refractivity contribution is 0.00446. The summed E-state index contributed by atoms with van der Waals surface area (Å²) in [6.07, 6.45) is 2.61. The van der Waals surface area contributed by atoms with Gasteiger partial charge in [-0.05, 0) is 38.2 Å². The minimum Gasteiger partial charge on any atom is -0.481 e. The van der Waals surface area contributed by atoms with Crippen molar-refractivity contribution in [3.63, 3.8) is 0 Å². The number of pyridine rings is 1. The van der Waals surface area contributed by atoms with Crippen molar-refractivity contribution in [2.45, 2.75) is 44.4 Å². The van der Waals surface area contributed by atoms with Crippen molar-refractivity contribution in [3.05, 3.63) is 24.0 Å². The molecule has 0 unspecified atom stereocenters. The Morgan fingerprint density at radius 3 is 2.57 bits per heavy atom. The van der Waals surface area contributed by atoms with Gasteiger partial charge in [-0.1, -0.05) is 0 Å². The van der Waals surface area contributed by atoms with E-state index < -0.39 is 18.2 Å². The van der Waals surface area contributed by atoms with Gasteiger partial charge in [0.25, 0.3) is 0 Å². The molecular weight excluding hydrogens is 386 g/mol. The highest BCUT2D eigenvalue weighted by molar-refractivity contribution is 5.78. The highest BCUT2D eigenvalue weighted by Crippen LogP contribution is 2.35. The van der Waals surface area contributed by atoms with Crippen molar-refractivity contribution in [2.75, 3.05) is 30.9 Å². The lowest BCUT2D eigenvalue weighted by Gasteiger charge is -2.22. The fourth-order valence-electron chi connectivity index (χ4n) is 3.93. The quantitative estimate of drug-likeness (QED) is 0.431. The average Bonchev–Trinajstić information content (AvgIpc) is 3.54. The molecule has 0 amide bonds. The molecular formula is C21H29N5O4. The van der Waals surface area contributed by atoms with Crippen LogP contribution in [0, 0.1) is 18.8 Å². The lowest BCUT2D eigenvalue weighted by atomic mass is 10.1. The van der Waals surface area contributed by atoms with E-state index in [4.69, 9.17) is 4.74 Å². The number of hydrogen-bond acceptors (Lipinski definition) is 9. The second-order valence-corrected chi connectivity index (χ2v) is 8.18. The van der Waals surface area contributed by atoms with E-state index in [0.29, 0.717) is 30.0 Å². The van der Waals surface area contributed by atoms with Crippen LogP contribution in [0.5, 0.6) is 5.88 Å². The first-order valence-electron chi connectivity index (χ1n) is 10.4. The summed E-state index contributed by atoms with van der Waals surface area (Å²) < 4.78 is 5.15. The van der Waals surface area contributed by atoms with Crippen LogP contribution in [-0.2, 0) is 0 Å². The Morgan fingerprint density at radius 1 is 1.17 bits per heavy atom. The van der Waals surface area contributed by atoms with Gasteiger partial charge < -0.3 is 30.7 Å². The minimum atomic E-state index is -0.998. The molecule has 0 bridgehead atoms. The number of nitrogens with one attached hydrogen (secondary N) is 2. The fourth-order valence-corrected chi connectivity index (χ4v) is 3.93. The number of anilines is 2.